The highest BCUT2D eigenvalue weighted by Crippen LogP contribution is 2.22. The van der Waals surface area contributed by atoms with Crippen molar-refractivity contribution in [2.24, 2.45) is 5.92 Å². The van der Waals surface area contributed by atoms with Gasteiger partial charge in [-0.1, -0.05) is 35.9 Å². The molecule has 26 heavy (non-hydrogen) atoms. The molecule has 1 aliphatic rings. The Morgan fingerprint density at radius 1 is 1.15 bits per heavy atom. The molecule has 1 saturated heterocycles. The number of likely N-dealkylation sites (tertiary alicyclic amines) is 1. The molecular formula is C21H25ClN2O2. The molecular weight excluding hydrogens is 348 g/mol. The van der Waals surface area contributed by atoms with Gasteiger partial charge in [0.2, 0.25) is 5.91 Å². The fourth-order valence-corrected chi connectivity index (χ4v) is 3.61. The predicted molar refractivity (Wildman–Crippen MR) is 105 cm³/mol. The third-order valence-corrected chi connectivity index (χ3v) is 4.99. The second-order valence-electron chi connectivity index (χ2n) is 6.80. The van der Waals surface area contributed by atoms with Gasteiger partial charge in [0.05, 0.1) is 6.61 Å². The summed E-state index contributed by atoms with van der Waals surface area (Å²) in [6, 6.07) is 15.8. The molecule has 0 aromatic heterocycles. The fourth-order valence-electron chi connectivity index (χ4n) is 3.40. The van der Waals surface area contributed by atoms with Crippen LogP contribution in [0.1, 0.15) is 24.0 Å². The maximum absolute atomic E-state index is 12.6. The minimum atomic E-state index is 0.0664. The summed E-state index contributed by atoms with van der Waals surface area (Å²) in [5.74, 6) is 0.179. The molecule has 1 aliphatic heterocycles. The van der Waals surface area contributed by atoms with Crippen molar-refractivity contribution < 1.29 is 9.53 Å². The second kappa shape index (κ2) is 9.17. The molecule has 0 bridgehead atoms. The number of benzene rings is 2. The Morgan fingerprint density at radius 3 is 2.62 bits per heavy atom. The number of hydrogen-bond acceptors (Lipinski definition) is 3. The molecule has 0 spiro atoms. The van der Waals surface area contributed by atoms with E-state index in [4.69, 9.17) is 16.3 Å². The van der Waals surface area contributed by atoms with Gasteiger partial charge in [-0.15, -0.1) is 0 Å². The van der Waals surface area contributed by atoms with Crippen LogP contribution in [0.3, 0.4) is 0 Å². The highest BCUT2D eigenvalue weighted by Gasteiger charge is 2.25. The minimum Gasteiger partial charge on any atom is -0.380 e. The van der Waals surface area contributed by atoms with Crippen LogP contribution in [-0.2, 0) is 22.7 Å². The first kappa shape index (κ1) is 18.9. The van der Waals surface area contributed by atoms with E-state index < -0.39 is 0 Å². The van der Waals surface area contributed by atoms with E-state index in [0.29, 0.717) is 6.61 Å². The zero-order valence-corrected chi connectivity index (χ0v) is 15.8. The van der Waals surface area contributed by atoms with Gasteiger partial charge in [0.15, 0.2) is 0 Å². The SMILES string of the molecule is COCc1cccc(NC(=O)C2CCN(Cc3cccc(Cl)c3)CC2)c1. The quantitative estimate of drug-likeness (QED) is 0.820. The van der Waals surface area contributed by atoms with Gasteiger partial charge in [0.25, 0.3) is 0 Å². The number of rotatable bonds is 6. The first-order valence-corrected chi connectivity index (χ1v) is 9.37. The molecule has 2 aromatic rings. The molecule has 1 heterocycles. The van der Waals surface area contributed by atoms with Gasteiger partial charge in [0.1, 0.15) is 0 Å². The number of nitrogens with one attached hydrogen (secondary N) is 1. The smallest absolute Gasteiger partial charge is 0.227 e. The summed E-state index contributed by atoms with van der Waals surface area (Å²) in [6.45, 7) is 3.28. The lowest BCUT2D eigenvalue weighted by molar-refractivity contribution is -0.121. The van der Waals surface area contributed by atoms with Crippen LogP contribution < -0.4 is 5.32 Å². The zero-order chi connectivity index (χ0) is 18.4. The molecule has 0 saturated carbocycles. The van der Waals surface area contributed by atoms with E-state index in [1.54, 1.807) is 7.11 Å². The topological polar surface area (TPSA) is 41.6 Å². The maximum Gasteiger partial charge on any atom is 0.227 e. The fraction of sp³-hybridized carbons (Fsp3) is 0.381. The lowest BCUT2D eigenvalue weighted by Crippen LogP contribution is -2.37. The van der Waals surface area contributed by atoms with Crippen molar-refractivity contribution in [2.75, 3.05) is 25.5 Å². The number of ether oxygens (including phenoxy) is 1. The predicted octanol–water partition coefficient (Wildman–Crippen LogP) is 4.34. The van der Waals surface area contributed by atoms with Gasteiger partial charge >= 0.3 is 0 Å². The van der Waals surface area contributed by atoms with Crippen molar-refractivity contribution in [3.8, 4) is 0 Å². The number of nitrogens with zero attached hydrogens (tertiary/aromatic N) is 1. The van der Waals surface area contributed by atoms with E-state index in [1.165, 1.54) is 5.56 Å². The monoisotopic (exact) mass is 372 g/mol. The number of halogens is 1. The van der Waals surface area contributed by atoms with Gasteiger partial charge in [-0.2, -0.15) is 0 Å². The van der Waals surface area contributed by atoms with E-state index >= 15 is 0 Å². The number of piperidine rings is 1. The lowest BCUT2D eigenvalue weighted by Gasteiger charge is -2.31. The maximum atomic E-state index is 12.6. The number of carbonyl (C=O) groups is 1. The van der Waals surface area contributed by atoms with Crippen molar-refractivity contribution in [3.05, 3.63) is 64.7 Å². The summed E-state index contributed by atoms with van der Waals surface area (Å²) in [6.07, 6.45) is 1.76. The van der Waals surface area contributed by atoms with Crippen molar-refractivity contribution in [1.82, 2.24) is 4.90 Å². The van der Waals surface area contributed by atoms with Gasteiger partial charge < -0.3 is 10.1 Å². The van der Waals surface area contributed by atoms with Gasteiger partial charge in [-0.3, -0.25) is 9.69 Å². The van der Waals surface area contributed by atoms with E-state index in [1.807, 2.05) is 42.5 Å². The Morgan fingerprint density at radius 2 is 1.88 bits per heavy atom. The lowest BCUT2D eigenvalue weighted by atomic mass is 9.95. The average molecular weight is 373 g/mol. The molecule has 3 rings (SSSR count). The molecule has 1 fully saturated rings. The summed E-state index contributed by atoms with van der Waals surface area (Å²) < 4.78 is 5.15. The molecule has 138 valence electrons. The zero-order valence-electron chi connectivity index (χ0n) is 15.1. The van der Waals surface area contributed by atoms with E-state index in [2.05, 4.69) is 16.3 Å². The van der Waals surface area contributed by atoms with Crippen LogP contribution in [0.25, 0.3) is 0 Å². The standard InChI is InChI=1S/C21H25ClN2O2/c1-26-15-17-5-3-7-20(13-17)23-21(25)18-8-10-24(11-9-18)14-16-4-2-6-19(22)12-16/h2-7,12-13,18H,8-11,14-15H2,1H3,(H,23,25). The van der Waals surface area contributed by atoms with Crippen LogP contribution in [-0.4, -0.2) is 31.0 Å². The van der Waals surface area contributed by atoms with Crippen LogP contribution in [0.15, 0.2) is 48.5 Å². The Kier molecular flexibility index (Phi) is 6.67. The molecule has 2 aromatic carbocycles. The third kappa shape index (κ3) is 5.31. The van der Waals surface area contributed by atoms with E-state index in [-0.39, 0.29) is 11.8 Å². The summed E-state index contributed by atoms with van der Waals surface area (Å²) in [5.41, 5.74) is 3.11. The number of anilines is 1. The van der Waals surface area contributed by atoms with Gasteiger partial charge in [0, 0.05) is 30.3 Å². The number of amides is 1. The summed E-state index contributed by atoms with van der Waals surface area (Å²) in [4.78, 5) is 15.0. The first-order valence-electron chi connectivity index (χ1n) is 8.99. The highest BCUT2D eigenvalue weighted by molar-refractivity contribution is 6.30. The van der Waals surface area contributed by atoms with Crippen LogP contribution in [0, 0.1) is 5.92 Å². The van der Waals surface area contributed by atoms with Crippen molar-refractivity contribution in [1.29, 1.82) is 0 Å². The molecule has 0 radical (unpaired) electrons. The third-order valence-electron chi connectivity index (χ3n) is 4.76. The summed E-state index contributed by atoms with van der Waals surface area (Å²) in [7, 11) is 1.67. The molecule has 1 amide bonds. The molecule has 5 heteroatoms. The Balaban J connectivity index is 1.49. The van der Waals surface area contributed by atoms with Crippen molar-refractivity contribution >= 4 is 23.2 Å². The summed E-state index contributed by atoms with van der Waals surface area (Å²) in [5, 5.41) is 3.82. The number of methoxy groups -OCH3 is 1. The van der Waals surface area contributed by atoms with Gasteiger partial charge in [-0.05, 0) is 61.3 Å². The highest BCUT2D eigenvalue weighted by atomic mass is 35.5. The Labute approximate surface area is 160 Å². The Bertz CT molecular complexity index is 742. The van der Waals surface area contributed by atoms with Crippen molar-refractivity contribution in [2.45, 2.75) is 26.0 Å². The summed E-state index contributed by atoms with van der Waals surface area (Å²) >= 11 is 6.06. The van der Waals surface area contributed by atoms with Crippen molar-refractivity contribution in [3.63, 3.8) is 0 Å². The molecule has 4 nitrogen and oxygen atoms in total. The van der Waals surface area contributed by atoms with Crippen LogP contribution in [0.4, 0.5) is 5.69 Å². The number of hydrogen-bond donors (Lipinski definition) is 1. The normalized spacial score (nSPS) is 15.8. The Hall–Kier alpha value is -1.88. The molecule has 0 aliphatic carbocycles. The molecule has 0 unspecified atom stereocenters. The van der Waals surface area contributed by atoms with Crippen LogP contribution in [0.5, 0.6) is 0 Å². The molecule has 0 atom stereocenters. The average Bonchev–Trinajstić information content (AvgIpc) is 2.63. The van der Waals surface area contributed by atoms with Crippen LogP contribution in [0.2, 0.25) is 5.02 Å². The van der Waals surface area contributed by atoms with Crippen LogP contribution >= 0.6 is 11.6 Å². The second-order valence-corrected chi connectivity index (χ2v) is 7.24. The largest absolute Gasteiger partial charge is 0.380 e. The van der Waals surface area contributed by atoms with Gasteiger partial charge in [-0.25, -0.2) is 0 Å². The first-order chi connectivity index (χ1) is 12.6. The number of carbonyl (C=O) groups excluding carboxylic acids is 1. The van der Waals surface area contributed by atoms with E-state index in [0.717, 1.165) is 48.7 Å². The minimum absolute atomic E-state index is 0.0664. The van der Waals surface area contributed by atoms with E-state index in [9.17, 15) is 4.79 Å². The molecule has 1 N–H and O–H groups in total.